The molecular weight excluding hydrogens is 288 g/mol. The number of amides is 1. The van der Waals surface area contributed by atoms with Gasteiger partial charge in [-0.05, 0) is 44.6 Å². The molecule has 1 rings (SSSR count). The second-order valence-electron chi connectivity index (χ2n) is 4.99. The highest BCUT2D eigenvalue weighted by molar-refractivity contribution is 6.31. The van der Waals surface area contributed by atoms with Gasteiger partial charge in [0, 0.05) is 5.02 Å². The van der Waals surface area contributed by atoms with Crippen molar-refractivity contribution in [1.29, 1.82) is 0 Å². The van der Waals surface area contributed by atoms with E-state index in [-0.39, 0.29) is 11.9 Å². The summed E-state index contributed by atoms with van der Waals surface area (Å²) in [5, 5.41) is 3.47. The number of nitrogens with one attached hydrogen (secondary N) is 1. The van der Waals surface area contributed by atoms with Gasteiger partial charge in [0.05, 0.1) is 18.8 Å². The van der Waals surface area contributed by atoms with Crippen molar-refractivity contribution < 1.29 is 9.53 Å². The van der Waals surface area contributed by atoms with E-state index in [9.17, 15) is 4.79 Å². The summed E-state index contributed by atoms with van der Waals surface area (Å²) in [5.74, 6) is 0.560. The van der Waals surface area contributed by atoms with Gasteiger partial charge in [0.25, 0.3) is 0 Å². The number of carbonyl (C=O) groups is 1. The number of methoxy groups -OCH3 is 1. The van der Waals surface area contributed by atoms with Crippen LogP contribution in [0.5, 0.6) is 5.75 Å². The molecular formula is C16H25ClN2O2. The molecule has 0 heterocycles. The lowest BCUT2D eigenvalue weighted by atomic mass is 10.2. The number of halogens is 1. The topological polar surface area (TPSA) is 41.6 Å². The lowest BCUT2D eigenvalue weighted by Gasteiger charge is -2.27. The molecule has 1 aromatic rings. The smallest absolute Gasteiger partial charge is 0.241 e. The Morgan fingerprint density at radius 2 is 2.14 bits per heavy atom. The first-order chi connectivity index (χ1) is 10.0. The van der Waals surface area contributed by atoms with Gasteiger partial charge in [-0.15, -0.1) is 0 Å². The molecule has 1 aromatic carbocycles. The van der Waals surface area contributed by atoms with E-state index in [1.54, 1.807) is 25.3 Å². The lowest BCUT2D eigenvalue weighted by molar-refractivity contribution is -0.120. The molecule has 0 aliphatic carbocycles. The van der Waals surface area contributed by atoms with Gasteiger partial charge in [-0.3, -0.25) is 9.69 Å². The van der Waals surface area contributed by atoms with Gasteiger partial charge in [-0.1, -0.05) is 31.9 Å². The Morgan fingerprint density at radius 1 is 1.43 bits per heavy atom. The monoisotopic (exact) mass is 312 g/mol. The number of nitrogens with zero attached hydrogens (tertiary/aromatic N) is 1. The van der Waals surface area contributed by atoms with Crippen LogP contribution in [0, 0.1) is 0 Å². The highest BCUT2D eigenvalue weighted by Crippen LogP contribution is 2.27. The van der Waals surface area contributed by atoms with Crippen LogP contribution in [0.2, 0.25) is 5.02 Å². The van der Waals surface area contributed by atoms with Gasteiger partial charge in [0.1, 0.15) is 5.75 Å². The minimum absolute atomic E-state index is 0.0477. The zero-order valence-electron chi connectivity index (χ0n) is 13.3. The van der Waals surface area contributed by atoms with E-state index in [4.69, 9.17) is 16.3 Å². The molecule has 0 aliphatic rings. The summed E-state index contributed by atoms with van der Waals surface area (Å²) in [5.41, 5.74) is 0.605. The first-order valence-electron chi connectivity index (χ1n) is 7.41. The standard InChI is InChI=1S/C16H25ClN2O2/c1-5-7-10-19(6-2)12(3)16(20)18-14-11-13(17)8-9-15(14)21-4/h8-9,11-12H,5-7,10H2,1-4H3,(H,18,20). The molecule has 0 saturated carbocycles. The summed E-state index contributed by atoms with van der Waals surface area (Å²) in [6.45, 7) is 7.91. The normalized spacial score (nSPS) is 12.3. The quantitative estimate of drug-likeness (QED) is 0.794. The fourth-order valence-corrected chi connectivity index (χ4v) is 2.34. The van der Waals surface area contributed by atoms with Gasteiger partial charge >= 0.3 is 0 Å². The molecule has 0 saturated heterocycles. The van der Waals surface area contributed by atoms with Crippen molar-refractivity contribution >= 4 is 23.2 Å². The molecule has 0 aliphatic heterocycles. The van der Waals surface area contributed by atoms with Crippen LogP contribution < -0.4 is 10.1 Å². The Bertz CT molecular complexity index is 466. The third-order valence-corrected chi connectivity index (χ3v) is 3.79. The summed E-state index contributed by atoms with van der Waals surface area (Å²) in [7, 11) is 1.57. The first kappa shape index (κ1) is 17.8. The second-order valence-corrected chi connectivity index (χ2v) is 5.43. The second kappa shape index (κ2) is 8.90. The fourth-order valence-electron chi connectivity index (χ4n) is 2.17. The molecule has 5 heteroatoms. The summed E-state index contributed by atoms with van der Waals surface area (Å²) >= 11 is 5.98. The molecule has 118 valence electrons. The molecule has 1 unspecified atom stereocenters. The van der Waals surface area contributed by atoms with Crippen LogP contribution in [0.25, 0.3) is 0 Å². The molecule has 0 bridgehead atoms. The average Bonchev–Trinajstić information content (AvgIpc) is 2.48. The summed E-state index contributed by atoms with van der Waals surface area (Å²) < 4.78 is 5.25. The van der Waals surface area contributed by atoms with Crippen molar-refractivity contribution in [3.8, 4) is 5.75 Å². The Balaban J connectivity index is 2.77. The Morgan fingerprint density at radius 3 is 2.71 bits per heavy atom. The Kier molecular flexibility index (Phi) is 7.54. The van der Waals surface area contributed by atoms with Crippen molar-refractivity contribution in [3.63, 3.8) is 0 Å². The number of hydrogen-bond donors (Lipinski definition) is 1. The summed E-state index contributed by atoms with van der Waals surface area (Å²) in [6, 6.07) is 4.99. The van der Waals surface area contributed by atoms with Crippen molar-refractivity contribution in [1.82, 2.24) is 4.90 Å². The highest BCUT2D eigenvalue weighted by Gasteiger charge is 2.20. The number of unbranched alkanes of at least 4 members (excludes halogenated alkanes) is 1. The molecule has 1 amide bonds. The molecule has 1 atom stereocenters. The number of likely N-dealkylation sites (N-methyl/N-ethyl adjacent to an activating group) is 1. The van der Waals surface area contributed by atoms with Gasteiger partial charge in [-0.2, -0.15) is 0 Å². The minimum atomic E-state index is -0.190. The number of rotatable bonds is 8. The van der Waals surface area contributed by atoms with Gasteiger partial charge in [-0.25, -0.2) is 0 Å². The van der Waals surface area contributed by atoms with Crippen molar-refractivity contribution in [2.75, 3.05) is 25.5 Å². The predicted molar refractivity (Wildman–Crippen MR) is 88.3 cm³/mol. The molecule has 0 spiro atoms. The third kappa shape index (κ3) is 5.21. The third-order valence-electron chi connectivity index (χ3n) is 3.55. The number of hydrogen-bond acceptors (Lipinski definition) is 3. The lowest BCUT2D eigenvalue weighted by Crippen LogP contribution is -2.42. The van der Waals surface area contributed by atoms with Crippen molar-refractivity contribution in [3.05, 3.63) is 23.2 Å². The largest absolute Gasteiger partial charge is 0.495 e. The van der Waals surface area contributed by atoms with Gasteiger partial charge < -0.3 is 10.1 Å². The van der Waals surface area contributed by atoms with E-state index in [1.165, 1.54) is 0 Å². The van der Waals surface area contributed by atoms with Crippen LogP contribution in [-0.2, 0) is 4.79 Å². The molecule has 21 heavy (non-hydrogen) atoms. The number of anilines is 1. The van der Waals surface area contributed by atoms with Crippen LogP contribution in [0.3, 0.4) is 0 Å². The van der Waals surface area contributed by atoms with Gasteiger partial charge in [0.2, 0.25) is 5.91 Å². The predicted octanol–water partition coefficient (Wildman–Crippen LogP) is 3.80. The van der Waals surface area contributed by atoms with Crippen LogP contribution in [0.1, 0.15) is 33.6 Å². The van der Waals surface area contributed by atoms with E-state index < -0.39 is 0 Å². The number of ether oxygens (including phenoxy) is 1. The molecule has 0 radical (unpaired) electrons. The van der Waals surface area contributed by atoms with E-state index in [0.717, 1.165) is 25.9 Å². The SMILES string of the molecule is CCCCN(CC)C(C)C(=O)Nc1cc(Cl)ccc1OC. The van der Waals surface area contributed by atoms with E-state index in [1.807, 2.05) is 6.92 Å². The van der Waals surface area contributed by atoms with Crippen LogP contribution in [0.4, 0.5) is 5.69 Å². The summed E-state index contributed by atoms with van der Waals surface area (Å²) in [6.07, 6.45) is 2.21. The van der Waals surface area contributed by atoms with Crippen LogP contribution in [0.15, 0.2) is 18.2 Å². The van der Waals surface area contributed by atoms with Gasteiger partial charge in [0.15, 0.2) is 0 Å². The van der Waals surface area contributed by atoms with Crippen molar-refractivity contribution in [2.24, 2.45) is 0 Å². The Labute approximate surface area is 132 Å². The van der Waals surface area contributed by atoms with E-state index >= 15 is 0 Å². The minimum Gasteiger partial charge on any atom is -0.495 e. The van der Waals surface area contributed by atoms with E-state index in [0.29, 0.717) is 16.5 Å². The van der Waals surface area contributed by atoms with Crippen LogP contribution in [-0.4, -0.2) is 37.0 Å². The Hall–Kier alpha value is -1.26. The number of carbonyl (C=O) groups excluding carboxylic acids is 1. The zero-order chi connectivity index (χ0) is 15.8. The van der Waals surface area contributed by atoms with Crippen LogP contribution >= 0.6 is 11.6 Å². The maximum Gasteiger partial charge on any atom is 0.241 e. The molecule has 4 nitrogen and oxygen atoms in total. The molecule has 0 fully saturated rings. The van der Waals surface area contributed by atoms with Crippen molar-refractivity contribution in [2.45, 2.75) is 39.7 Å². The molecule has 0 aromatic heterocycles. The number of benzene rings is 1. The van der Waals surface area contributed by atoms with E-state index in [2.05, 4.69) is 24.1 Å². The highest BCUT2D eigenvalue weighted by atomic mass is 35.5. The zero-order valence-corrected chi connectivity index (χ0v) is 14.0. The average molecular weight is 313 g/mol. The summed E-state index contributed by atoms with van der Waals surface area (Å²) in [4.78, 5) is 14.6. The molecule has 1 N–H and O–H groups in total. The fraction of sp³-hybridized carbons (Fsp3) is 0.562. The first-order valence-corrected chi connectivity index (χ1v) is 7.79. The maximum absolute atomic E-state index is 12.4. The maximum atomic E-state index is 12.4.